The number of carbonyl (C=O) groups excluding carboxylic acids is 6. The first-order valence-electron chi connectivity index (χ1n) is 23.1. The first kappa shape index (κ1) is 42.3. The fourth-order valence-corrected chi connectivity index (χ4v) is 11.2. The summed E-state index contributed by atoms with van der Waals surface area (Å²) < 4.78 is 29.0. The zero-order chi connectivity index (χ0) is 45.4. The summed E-state index contributed by atoms with van der Waals surface area (Å²) in [6, 6.07) is 9.80. The number of fused-ring (bicyclic) bond motifs is 3. The molecular formula is C47H51F2N11O6. The van der Waals surface area contributed by atoms with Crippen LogP contribution in [-0.4, -0.2) is 153 Å². The standard InChI is InChI=1S/C47H51F2N11O6/c48-47(49)23-32(24-47)56-16-18-57(19-17-56)39-22-34-29(20-37(39)52-42(62)36-25-51-59-11-1-10-50-41(36)59)27-58(44(34)64)30-8-12-54(13-9-30)26-28-6-14-55(15-7-28)31-2-3-33-35(21-31)46(66)60(45(33)65)38-4-5-40(61)53-43(38)63/h1-3,10-11,20-22,25,28,30,32,38H,4-9,12-19,23-24,26-27H2,(H,52,62)(H,53,61,63). The number of hydrogen-bond donors (Lipinski definition) is 2. The van der Waals surface area contributed by atoms with Crippen molar-refractivity contribution in [3.8, 4) is 0 Å². The van der Waals surface area contributed by atoms with Gasteiger partial charge in [0.2, 0.25) is 11.8 Å². The van der Waals surface area contributed by atoms with Crippen LogP contribution in [0.25, 0.3) is 5.65 Å². The van der Waals surface area contributed by atoms with Crippen molar-refractivity contribution in [2.24, 2.45) is 5.92 Å². The van der Waals surface area contributed by atoms with Crippen LogP contribution in [0.15, 0.2) is 55.0 Å². The van der Waals surface area contributed by atoms with E-state index in [2.05, 4.69) is 40.3 Å². The lowest BCUT2D eigenvalue weighted by molar-refractivity contribution is -0.136. The monoisotopic (exact) mass is 903 g/mol. The Hall–Kier alpha value is -6.34. The first-order chi connectivity index (χ1) is 31.9. The Labute approximate surface area is 379 Å². The maximum Gasteiger partial charge on any atom is 0.262 e. The van der Waals surface area contributed by atoms with E-state index < -0.39 is 35.6 Å². The van der Waals surface area contributed by atoms with Crippen LogP contribution >= 0.6 is 0 Å². The molecule has 2 aromatic heterocycles. The number of halogens is 2. The Bertz CT molecular complexity index is 2660. The Morgan fingerprint density at radius 1 is 0.803 bits per heavy atom. The van der Waals surface area contributed by atoms with E-state index >= 15 is 0 Å². The number of carbonyl (C=O) groups is 6. The van der Waals surface area contributed by atoms with Gasteiger partial charge in [0, 0.05) is 120 Å². The van der Waals surface area contributed by atoms with Crippen LogP contribution in [0.3, 0.4) is 0 Å². The summed E-state index contributed by atoms with van der Waals surface area (Å²) in [5, 5.41) is 9.65. The predicted octanol–water partition coefficient (Wildman–Crippen LogP) is 3.64. The highest BCUT2D eigenvalue weighted by Gasteiger charge is 2.49. The van der Waals surface area contributed by atoms with Gasteiger partial charge in [0.1, 0.15) is 11.6 Å². The second kappa shape index (κ2) is 16.5. The van der Waals surface area contributed by atoms with Crippen molar-refractivity contribution in [1.82, 2.24) is 39.5 Å². The molecule has 1 unspecified atom stereocenters. The zero-order valence-electron chi connectivity index (χ0n) is 36.5. The molecule has 4 aromatic rings. The zero-order valence-corrected chi connectivity index (χ0v) is 36.5. The van der Waals surface area contributed by atoms with Gasteiger partial charge in [0.25, 0.3) is 29.6 Å². The van der Waals surface area contributed by atoms with E-state index in [4.69, 9.17) is 0 Å². The molecule has 8 heterocycles. The Morgan fingerprint density at radius 3 is 2.30 bits per heavy atom. The third kappa shape index (κ3) is 7.64. The molecule has 6 aliphatic heterocycles. The summed E-state index contributed by atoms with van der Waals surface area (Å²) in [4.78, 5) is 95.2. The number of alkyl halides is 2. The number of nitrogens with zero attached hydrogens (tertiary/aromatic N) is 9. The molecule has 6 amide bonds. The molecule has 2 N–H and O–H groups in total. The number of likely N-dealkylation sites (tertiary alicyclic amines) is 1. The third-order valence-corrected chi connectivity index (χ3v) is 15.0. The summed E-state index contributed by atoms with van der Waals surface area (Å²) in [6.45, 7) is 7.09. The van der Waals surface area contributed by atoms with Crippen LogP contribution < -0.4 is 20.4 Å². The summed E-state index contributed by atoms with van der Waals surface area (Å²) in [5.41, 5.74) is 4.98. The maximum absolute atomic E-state index is 14.2. The summed E-state index contributed by atoms with van der Waals surface area (Å²) >= 11 is 0. The molecule has 1 aliphatic carbocycles. The number of nitrogens with one attached hydrogen (secondary N) is 2. The molecule has 66 heavy (non-hydrogen) atoms. The molecule has 19 heteroatoms. The molecule has 1 atom stereocenters. The lowest BCUT2D eigenvalue weighted by atomic mass is 9.86. The minimum Gasteiger partial charge on any atom is -0.371 e. The highest BCUT2D eigenvalue weighted by Crippen LogP contribution is 2.42. The fourth-order valence-electron chi connectivity index (χ4n) is 11.2. The molecule has 2 aromatic carbocycles. The van der Waals surface area contributed by atoms with Crippen molar-refractivity contribution >= 4 is 58.2 Å². The second-order valence-corrected chi connectivity index (χ2v) is 18.9. The lowest BCUT2D eigenvalue weighted by Gasteiger charge is -2.46. The van der Waals surface area contributed by atoms with E-state index in [9.17, 15) is 37.5 Å². The summed E-state index contributed by atoms with van der Waals surface area (Å²) in [5.74, 6) is -4.54. The van der Waals surface area contributed by atoms with Gasteiger partial charge in [0.05, 0.1) is 28.7 Å². The van der Waals surface area contributed by atoms with Gasteiger partial charge in [-0.3, -0.25) is 43.9 Å². The van der Waals surface area contributed by atoms with Crippen LogP contribution in [0.2, 0.25) is 0 Å². The smallest absolute Gasteiger partial charge is 0.262 e. The van der Waals surface area contributed by atoms with E-state index in [1.807, 2.05) is 23.1 Å². The van der Waals surface area contributed by atoms with Crippen LogP contribution in [0.4, 0.5) is 25.8 Å². The maximum atomic E-state index is 14.2. The van der Waals surface area contributed by atoms with Crippen molar-refractivity contribution in [2.45, 2.75) is 82.0 Å². The minimum absolute atomic E-state index is 0.0154. The van der Waals surface area contributed by atoms with E-state index in [1.165, 1.54) is 6.20 Å². The molecule has 1 saturated carbocycles. The van der Waals surface area contributed by atoms with Gasteiger partial charge < -0.3 is 24.9 Å². The molecule has 0 radical (unpaired) electrons. The number of benzene rings is 2. The SMILES string of the molecule is O=C1CCC(N2C(=O)c3ccc(N4CCC(CN5CCC(N6Cc7cc(NC(=O)c8cnn9cccnc89)c(N8CCN(C9CC(F)(F)C9)CC8)cc7C6=O)CC5)CC4)cc3C2=O)C(=O)N1. The van der Waals surface area contributed by atoms with Crippen LogP contribution in [-0.2, 0) is 16.1 Å². The molecular weight excluding hydrogens is 853 g/mol. The van der Waals surface area contributed by atoms with Gasteiger partial charge in [-0.1, -0.05) is 0 Å². The number of anilines is 3. The number of amides is 6. The number of piperidine rings is 3. The molecule has 7 aliphatic rings. The van der Waals surface area contributed by atoms with Gasteiger partial charge >= 0.3 is 0 Å². The normalized spacial score (nSPS) is 23.4. The Kier molecular flexibility index (Phi) is 10.6. The number of aromatic nitrogens is 3. The topological polar surface area (TPSA) is 176 Å². The predicted molar refractivity (Wildman–Crippen MR) is 237 cm³/mol. The van der Waals surface area contributed by atoms with E-state index in [-0.39, 0.29) is 60.7 Å². The second-order valence-electron chi connectivity index (χ2n) is 18.9. The molecule has 4 saturated heterocycles. The highest BCUT2D eigenvalue weighted by molar-refractivity contribution is 6.23. The number of hydrogen-bond acceptors (Lipinski definition) is 12. The van der Waals surface area contributed by atoms with Crippen molar-refractivity contribution < 1.29 is 37.5 Å². The van der Waals surface area contributed by atoms with Gasteiger partial charge in [-0.05, 0) is 80.0 Å². The van der Waals surface area contributed by atoms with E-state index in [0.29, 0.717) is 61.1 Å². The lowest BCUT2D eigenvalue weighted by Crippen LogP contribution is -2.57. The largest absolute Gasteiger partial charge is 0.371 e. The molecule has 344 valence electrons. The third-order valence-electron chi connectivity index (χ3n) is 15.0. The van der Waals surface area contributed by atoms with Crippen LogP contribution in [0, 0.1) is 5.92 Å². The van der Waals surface area contributed by atoms with Gasteiger partial charge in [-0.2, -0.15) is 5.10 Å². The molecule has 17 nitrogen and oxygen atoms in total. The summed E-state index contributed by atoms with van der Waals surface area (Å²) in [7, 11) is 0. The van der Waals surface area contributed by atoms with Gasteiger partial charge in [-0.25, -0.2) is 18.3 Å². The Morgan fingerprint density at radius 2 is 1.56 bits per heavy atom. The van der Waals surface area contributed by atoms with Gasteiger partial charge in [0.15, 0.2) is 5.65 Å². The number of rotatable bonds is 9. The molecule has 11 rings (SSSR count). The number of imide groups is 2. The van der Waals surface area contributed by atoms with Crippen molar-refractivity contribution in [3.05, 3.63) is 82.8 Å². The van der Waals surface area contributed by atoms with Gasteiger partial charge in [-0.15, -0.1) is 0 Å². The molecule has 5 fully saturated rings. The first-order valence-corrected chi connectivity index (χ1v) is 23.1. The van der Waals surface area contributed by atoms with Crippen LogP contribution in [0.5, 0.6) is 0 Å². The average molecular weight is 904 g/mol. The minimum atomic E-state index is -2.59. The van der Waals surface area contributed by atoms with Crippen molar-refractivity contribution in [1.29, 1.82) is 0 Å². The number of piperazine rings is 1. The van der Waals surface area contributed by atoms with Crippen molar-refractivity contribution in [3.63, 3.8) is 0 Å². The summed E-state index contributed by atoms with van der Waals surface area (Å²) in [6.07, 6.45) is 8.40. The molecule has 0 spiro atoms. The quantitative estimate of drug-likeness (QED) is 0.234. The Balaban J connectivity index is 0.711. The highest BCUT2D eigenvalue weighted by atomic mass is 19.3. The fraction of sp³-hybridized carbons (Fsp3) is 0.489. The van der Waals surface area contributed by atoms with Crippen LogP contribution in [0.1, 0.15) is 98.4 Å². The average Bonchev–Trinajstić information content (AvgIpc) is 3.96. The van der Waals surface area contributed by atoms with Crippen molar-refractivity contribution in [2.75, 3.05) is 74.0 Å². The van der Waals surface area contributed by atoms with E-state index in [0.717, 1.165) is 80.2 Å². The molecule has 0 bridgehead atoms. The van der Waals surface area contributed by atoms with E-state index in [1.54, 1.807) is 35.1 Å².